The largest absolute Gasteiger partial charge is 0.494 e. The number of nitrogens with zero attached hydrogens (tertiary/aromatic N) is 5. The third-order valence-corrected chi connectivity index (χ3v) is 5.83. The minimum absolute atomic E-state index is 0.00638. The van der Waals surface area contributed by atoms with Crippen molar-refractivity contribution in [1.29, 1.82) is 0 Å². The molecule has 156 valence electrons. The van der Waals surface area contributed by atoms with Crippen molar-refractivity contribution in [2.75, 3.05) is 26.8 Å². The molecule has 0 bridgehead atoms. The summed E-state index contributed by atoms with van der Waals surface area (Å²) in [6.07, 6.45) is 1.25. The average molecular weight is 420 g/mol. The zero-order valence-corrected chi connectivity index (χ0v) is 17.6. The lowest BCUT2D eigenvalue weighted by Crippen LogP contribution is -2.43. The second kappa shape index (κ2) is 9.73. The van der Waals surface area contributed by atoms with Crippen molar-refractivity contribution in [3.8, 4) is 11.4 Å². The van der Waals surface area contributed by atoms with Crippen LogP contribution in [0.25, 0.3) is 5.69 Å². The molecule has 2 aromatic rings. The fourth-order valence-electron chi connectivity index (χ4n) is 3.27. The highest BCUT2D eigenvalue weighted by Gasteiger charge is 2.31. The number of carbonyl (C=O) groups excluding carboxylic acids is 2. The van der Waals surface area contributed by atoms with Crippen LogP contribution in [-0.2, 0) is 14.3 Å². The third kappa shape index (κ3) is 4.87. The predicted octanol–water partition coefficient (Wildman–Crippen LogP) is 1.95. The molecule has 2 heterocycles. The second-order valence-electron chi connectivity index (χ2n) is 6.66. The number of ether oxygens (including phenoxy) is 2. The highest BCUT2D eigenvalue weighted by molar-refractivity contribution is 8.00. The summed E-state index contributed by atoms with van der Waals surface area (Å²) < 4.78 is 12.0. The number of esters is 1. The molecule has 0 unspecified atom stereocenters. The SMILES string of the molecule is CCOC(=O)C1CCN(C(=O)[C@@H](C)Sc2nnnn2-c2ccccc2OC)CC1. The Labute approximate surface area is 173 Å². The van der Waals surface area contributed by atoms with Crippen LogP contribution in [0, 0.1) is 5.92 Å². The zero-order valence-electron chi connectivity index (χ0n) is 16.8. The van der Waals surface area contributed by atoms with Gasteiger partial charge in [-0.25, -0.2) is 0 Å². The lowest BCUT2D eigenvalue weighted by molar-refractivity contribution is -0.151. The number of rotatable bonds is 7. The fraction of sp³-hybridized carbons (Fsp3) is 0.526. The molecule has 0 radical (unpaired) electrons. The van der Waals surface area contributed by atoms with Gasteiger partial charge in [0.1, 0.15) is 11.4 Å². The Balaban J connectivity index is 1.63. The highest BCUT2D eigenvalue weighted by Crippen LogP contribution is 2.29. The second-order valence-corrected chi connectivity index (χ2v) is 7.96. The maximum absolute atomic E-state index is 12.9. The summed E-state index contributed by atoms with van der Waals surface area (Å²) in [7, 11) is 1.59. The Hall–Kier alpha value is -2.62. The molecule has 1 aromatic carbocycles. The van der Waals surface area contributed by atoms with Crippen LogP contribution < -0.4 is 4.74 Å². The number of thioether (sulfide) groups is 1. The van der Waals surface area contributed by atoms with Gasteiger partial charge < -0.3 is 14.4 Å². The van der Waals surface area contributed by atoms with Crippen LogP contribution in [-0.4, -0.2) is 69.0 Å². The smallest absolute Gasteiger partial charge is 0.309 e. The molecule has 1 aliphatic heterocycles. The van der Waals surface area contributed by atoms with Crippen LogP contribution in [0.5, 0.6) is 5.75 Å². The lowest BCUT2D eigenvalue weighted by atomic mass is 9.97. The van der Waals surface area contributed by atoms with E-state index < -0.39 is 0 Å². The predicted molar refractivity (Wildman–Crippen MR) is 107 cm³/mol. The van der Waals surface area contributed by atoms with Gasteiger partial charge in [0.2, 0.25) is 11.1 Å². The van der Waals surface area contributed by atoms with Crippen LogP contribution >= 0.6 is 11.8 Å². The van der Waals surface area contributed by atoms with E-state index in [0.29, 0.717) is 49.1 Å². The van der Waals surface area contributed by atoms with E-state index in [1.54, 1.807) is 23.6 Å². The molecule has 1 aliphatic rings. The Morgan fingerprint density at radius 2 is 2.00 bits per heavy atom. The summed E-state index contributed by atoms with van der Waals surface area (Å²) in [5.74, 6) is 0.353. The minimum Gasteiger partial charge on any atom is -0.494 e. The normalized spacial score (nSPS) is 15.8. The van der Waals surface area contributed by atoms with E-state index in [0.717, 1.165) is 0 Å². The number of hydrogen-bond donors (Lipinski definition) is 0. The Kier molecular flexibility index (Phi) is 7.08. The van der Waals surface area contributed by atoms with Crippen molar-refractivity contribution >= 4 is 23.6 Å². The van der Waals surface area contributed by atoms with Crippen molar-refractivity contribution in [1.82, 2.24) is 25.1 Å². The lowest BCUT2D eigenvalue weighted by Gasteiger charge is -2.32. The first-order valence-corrected chi connectivity index (χ1v) is 10.5. The molecular weight excluding hydrogens is 394 g/mol. The summed E-state index contributed by atoms with van der Waals surface area (Å²) in [5, 5.41) is 12.0. The maximum Gasteiger partial charge on any atom is 0.309 e. The molecular formula is C19H25N5O4S. The van der Waals surface area contributed by atoms with E-state index in [1.807, 2.05) is 31.2 Å². The van der Waals surface area contributed by atoms with E-state index in [-0.39, 0.29) is 23.0 Å². The Bertz CT molecular complexity index is 851. The quantitative estimate of drug-likeness (QED) is 0.496. The van der Waals surface area contributed by atoms with Crippen molar-refractivity contribution in [2.45, 2.75) is 37.1 Å². The van der Waals surface area contributed by atoms with Gasteiger partial charge in [0.15, 0.2) is 0 Å². The molecule has 10 heteroatoms. The molecule has 29 heavy (non-hydrogen) atoms. The van der Waals surface area contributed by atoms with E-state index in [4.69, 9.17) is 9.47 Å². The highest BCUT2D eigenvalue weighted by atomic mass is 32.2. The van der Waals surface area contributed by atoms with Gasteiger partial charge in [-0.2, -0.15) is 4.68 Å². The number of benzene rings is 1. The summed E-state index contributed by atoms with van der Waals surface area (Å²) >= 11 is 1.30. The van der Waals surface area contributed by atoms with E-state index in [2.05, 4.69) is 15.5 Å². The van der Waals surface area contributed by atoms with E-state index >= 15 is 0 Å². The first-order chi connectivity index (χ1) is 14.0. The Morgan fingerprint density at radius 3 is 2.69 bits per heavy atom. The molecule has 1 aromatic heterocycles. The molecule has 0 aliphatic carbocycles. The van der Waals surface area contributed by atoms with Crippen LogP contribution in [0.1, 0.15) is 26.7 Å². The molecule has 1 fully saturated rings. The molecule has 1 amide bonds. The van der Waals surface area contributed by atoms with Gasteiger partial charge in [0.25, 0.3) is 0 Å². The first kappa shape index (κ1) is 21.1. The summed E-state index contributed by atoms with van der Waals surface area (Å²) in [6, 6.07) is 7.42. The van der Waals surface area contributed by atoms with Gasteiger partial charge in [-0.1, -0.05) is 23.9 Å². The molecule has 3 rings (SSSR count). The van der Waals surface area contributed by atoms with Crippen LogP contribution in [0.4, 0.5) is 0 Å². The van der Waals surface area contributed by atoms with Crippen molar-refractivity contribution in [3.05, 3.63) is 24.3 Å². The van der Waals surface area contributed by atoms with Crippen molar-refractivity contribution in [2.24, 2.45) is 5.92 Å². The molecule has 0 N–H and O–H groups in total. The number of methoxy groups -OCH3 is 1. The topological polar surface area (TPSA) is 99.4 Å². The molecule has 1 saturated heterocycles. The molecule has 0 saturated carbocycles. The van der Waals surface area contributed by atoms with Crippen molar-refractivity contribution < 1.29 is 19.1 Å². The summed E-state index contributed by atoms with van der Waals surface area (Å²) in [6.45, 7) is 5.11. The zero-order chi connectivity index (χ0) is 20.8. The van der Waals surface area contributed by atoms with Gasteiger partial charge in [-0.15, -0.1) is 5.10 Å². The number of carbonyl (C=O) groups is 2. The molecule has 9 nitrogen and oxygen atoms in total. The van der Waals surface area contributed by atoms with E-state index in [9.17, 15) is 9.59 Å². The third-order valence-electron chi connectivity index (χ3n) is 4.81. The monoisotopic (exact) mass is 419 g/mol. The van der Waals surface area contributed by atoms with Gasteiger partial charge in [0, 0.05) is 13.1 Å². The number of aromatic nitrogens is 4. The van der Waals surface area contributed by atoms with Gasteiger partial charge in [-0.05, 0) is 49.2 Å². The molecule has 0 spiro atoms. The van der Waals surface area contributed by atoms with Crippen LogP contribution in [0.3, 0.4) is 0 Å². The molecule has 1 atom stereocenters. The number of tetrazole rings is 1. The number of para-hydroxylation sites is 2. The summed E-state index contributed by atoms with van der Waals surface area (Å²) in [4.78, 5) is 26.6. The Morgan fingerprint density at radius 1 is 1.28 bits per heavy atom. The standard InChI is InChI=1S/C19H25N5O4S/c1-4-28-18(26)14-9-11-23(12-10-14)17(25)13(2)29-19-20-21-22-24(19)15-7-5-6-8-16(15)27-3/h5-8,13-14H,4,9-12H2,1-3H3/t13-/m1/s1. The van der Waals surface area contributed by atoms with Gasteiger partial charge in [-0.3, -0.25) is 9.59 Å². The maximum atomic E-state index is 12.9. The van der Waals surface area contributed by atoms with Crippen LogP contribution in [0.15, 0.2) is 29.4 Å². The van der Waals surface area contributed by atoms with E-state index in [1.165, 1.54) is 11.8 Å². The number of piperidine rings is 1. The fourth-order valence-corrected chi connectivity index (χ4v) is 4.15. The first-order valence-electron chi connectivity index (χ1n) is 9.59. The number of likely N-dealkylation sites (tertiary alicyclic amines) is 1. The minimum atomic E-state index is -0.367. The van der Waals surface area contributed by atoms with Gasteiger partial charge >= 0.3 is 5.97 Å². The average Bonchev–Trinajstić information content (AvgIpc) is 3.21. The van der Waals surface area contributed by atoms with Gasteiger partial charge in [0.05, 0.1) is 24.9 Å². The number of amides is 1. The van der Waals surface area contributed by atoms with Crippen LogP contribution in [0.2, 0.25) is 0 Å². The van der Waals surface area contributed by atoms with Crippen molar-refractivity contribution in [3.63, 3.8) is 0 Å². The summed E-state index contributed by atoms with van der Waals surface area (Å²) in [5.41, 5.74) is 0.706. The number of hydrogen-bond acceptors (Lipinski definition) is 8.